The second-order valence-corrected chi connectivity index (χ2v) is 7.85. The number of benzene rings is 2. The van der Waals surface area contributed by atoms with Gasteiger partial charge in [-0.15, -0.1) is 11.3 Å². The number of carbonyl (C=O) groups excluding carboxylic acids is 1. The first-order valence-corrected chi connectivity index (χ1v) is 9.89. The van der Waals surface area contributed by atoms with E-state index >= 15 is 0 Å². The molecule has 0 spiro atoms. The van der Waals surface area contributed by atoms with E-state index in [1.165, 1.54) is 48.7 Å². The van der Waals surface area contributed by atoms with Crippen molar-refractivity contribution in [3.63, 3.8) is 0 Å². The largest absolute Gasteiger partial charge is 2.00 e. The van der Waals surface area contributed by atoms with E-state index < -0.39 is 21.9 Å². The molecule has 0 saturated carbocycles. The van der Waals surface area contributed by atoms with Crippen LogP contribution in [0.15, 0.2) is 65.0 Å². The Labute approximate surface area is 227 Å². The Hall–Kier alpha value is -1.39. The van der Waals surface area contributed by atoms with E-state index in [2.05, 4.69) is 15.0 Å². The van der Waals surface area contributed by atoms with Crippen molar-refractivity contribution in [2.45, 2.75) is 4.90 Å². The van der Waals surface area contributed by atoms with Gasteiger partial charge in [0.15, 0.2) is 5.13 Å². The number of amides is 1. The van der Waals surface area contributed by atoms with Gasteiger partial charge in [0.1, 0.15) is 0 Å². The SMILES string of the molecule is O=C(O)c1ccccc1C(=O)Nc1ccc(S(=O)(=O)Nc2nccs2)cc1.[Cl-].[Cl-].[Cl-].[Cl-].[Pt+2]. The third-order valence-corrected chi connectivity index (χ3v) is 5.65. The normalized spacial score (nSPS) is 9.25. The molecule has 0 fully saturated rings. The summed E-state index contributed by atoms with van der Waals surface area (Å²) in [6.07, 6.45) is 1.48. The Morgan fingerprint density at radius 3 is 1.97 bits per heavy atom. The number of nitrogens with zero attached hydrogens (tertiary/aromatic N) is 1. The number of carbonyl (C=O) groups is 2. The zero-order valence-corrected chi connectivity index (χ0v) is 22.4. The third-order valence-electron chi connectivity index (χ3n) is 3.48. The monoisotopic (exact) mass is 738 g/mol. The van der Waals surface area contributed by atoms with Crippen molar-refractivity contribution in [1.29, 1.82) is 0 Å². The molecule has 1 amide bonds. The molecule has 2 aromatic carbocycles. The standard InChI is InChI=1S/C17H13N3O5S2.4ClH.Pt/c21-15(13-3-1-2-4-14(13)16(22)23)19-11-5-7-12(8-6-11)27(24,25)20-17-18-9-10-26-17;;;;;/h1-10H,(H,18,20)(H,19,21)(H,22,23);4*1H;/q;;;;;+2/p-4. The first kappa shape index (κ1) is 35.2. The number of sulfonamides is 1. The van der Waals surface area contributed by atoms with Gasteiger partial charge in [-0.05, 0) is 36.4 Å². The van der Waals surface area contributed by atoms with E-state index in [0.717, 1.165) is 11.3 Å². The number of halogens is 4. The average Bonchev–Trinajstić information content (AvgIpc) is 3.14. The summed E-state index contributed by atoms with van der Waals surface area (Å²) in [5.74, 6) is -1.82. The van der Waals surface area contributed by atoms with Crippen LogP contribution in [0.1, 0.15) is 20.7 Å². The molecule has 8 nitrogen and oxygen atoms in total. The molecule has 0 atom stereocenters. The van der Waals surface area contributed by atoms with E-state index in [9.17, 15) is 18.0 Å². The number of carboxylic acids is 1. The number of anilines is 2. The second-order valence-electron chi connectivity index (χ2n) is 5.27. The summed E-state index contributed by atoms with van der Waals surface area (Å²) in [6, 6.07) is 11.3. The molecule has 0 saturated heterocycles. The number of rotatable bonds is 6. The number of carboxylic acid groups (broad SMARTS) is 1. The quantitative estimate of drug-likeness (QED) is 0.231. The van der Waals surface area contributed by atoms with Gasteiger partial charge >= 0.3 is 27.0 Å². The molecule has 0 aliphatic carbocycles. The smallest absolute Gasteiger partial charge is 1.00 e. The third kappa shape index (κ3) is 8.86. The fourth-order valence-corrected chi connectivity index (χ4v) is 4.02. The summed E-state index contributed by atoms with van der Waals surface area (Å²) in [5.41, 5.74) is 0.211. The summed E-state index contributed by atoms with van der Waals surface area (Å²) in [7, 11) is -3.79. The summed E-state index contributed by atoms with van der Waals surface area (Å²) < 4.78 is 26.9. The number of hydrogen-bond donors (Lipinski definition) is 3. The van der Waals surface area contributed by atoms with Crippen LogP contribution in [-0.4, -0.2) is 30.4 Å². The number of thiazole rings is 1. The number of aromatic nitrogens is 1. The Balaban J connectivity index is -0.00000168. The second kappa shape index (κ2) is 15.4. The van der Waals surface area contributed by atoms with E-state index in [1.54, 1.807) is 11.4 Å². The molecule has 1 aromatic heterocycles. The van der Waals surface area contributed by atoms with Crippen LogP contribution >= 0.6 is 11.3 Å². The van der Waals surface area contributed by atoms with Crippen molar-refractivity contribution in [3.8, 4) is 0 Å². The number of aromatic carboxylic acids is 1. The summed E-state index contributed by atoms with van der Waals surface area (Å²) in [4.78, 5) is 27.4. The molecule has 0 radical (unpaired) electrons. The molecule has 3 rings (SSSR count). The molecular formula is C17H13Cl4N3O5PtS2-2. The summed E-state index contributed by atoms with van der Waals surface area (Å²) in [6.45, 7) is 0. The molecule has 0 aliphatic heterocycles. The Kier molecular flexibility index (Phi) is 17.0. The zero-order valence-electron chi connectivity index (χ0n) is 15.4. The van der Waals surface area contributed by atoms with Crippen molar-refractivity contribution in [2.75, 3.05) is 10.0 Å². The number of nitrogens with one attached hydrogen (secondary N) is 2. The molecule has 3 aromatic rings. The van der Waals surface area contributed by atoms with Crippen LogP contribution < -0.4 is 59.7 Å². The maximum Gasteiger partial charge on any atom is 2.00 e. The minimum atomic E-state index is -3.79. The van der Waals surface area contributed by atoms with Crippen LogP contribution in [0.25, 0.3) is 0 Å². The number of hydrogen-bond acceptors (Lipinski definition) is 6. The van der Waals surface area contributed by atoms with E-state index in [4.69, 9.17) is 5.11 Å². The van der Waals surface area contributed by atoms with Gasteiger partial charge in [-0.25, -0.2) is 18.2 Å². The average molecular weight is 740 g/mol. The molecular weight excluding hydrogens is 727 g/mol. The van der Waals surface area contributed by atoms with Crippen LogP contribution in [0, 0.1) is 0 Å². The van der Waals surface area contributed by atoms with Crippen LogP contribution in [0.5, 0.6) is 0 Å². The first-order valence-electron chi connectivity index (χ1n) is 7.53. The fourth-order valence-electron chi connectivity index (χ4n) is 2.23. The Morgan fingerprint density at radius 1 is 0.906 bits per heavy atom. The van der Waals surface area contributed by atoms with E-state index in [0.29, 0.717) is 5.69 Å². The molecule has 32 heavy (non-hydrogen) atoms. The summed E-state index contributed by atoms with van der Waals surface area (Å²) in [5, 5.41) is 13.6. The van der Waals surface area contributed by atoms with Gasteiger partial charge in [-0.1, -0.05) is 12.1 Å². The molecule has 15 heteroatoms. The minimum absolute atomic E-state index is 0. The molecule has 1 heterocycles. The van der Waals surface area contributed by atoms with Crippen molar-refractivity contribution < 1.29 is 93.8 Å². The van der Waals surface area contributed by atoms with Crippen LogP contribution in [0.3, 0.4) is 0 Å². The Morgan fingerprint density at radius 2 is 1.47 bits per heavy atom. The predicted octanol–water partition coefficient (Wildman–Crippen LogP) is -9.09. The molecule has 0 unspecified atom stereocenters. The molecule has 0 bridgehead atoms. The van der Waals surface area contributed by atoms with Crippen LogP contribution in [0.2, 0.25) is 0 Å². The van der Waals surface area contributed by atoms with Crippen molar-refractivity contribution in [1.82, 2.24) is 4.98 Å². The van der Waals surface area contributed by atoms with E-state index in [-0.39, 0.29) is 91.8 Å². The van der Waals surface area contributed by atoms with Gasteiger partial charge in [0, 0.05) is 17.3 Å². The first-order chi connectivity index (χ1) is 12.9. The van der Waals surface area contributed by atoms with Gasteiger partial charge in [0.25, 0.3) is 15.9 Å². The molecule has 0 aliphatic rings. The van der Waals surface area contributed by atoms with E-state index in [1.807, 2.05) is 0 Å². The maximum atomic E-state index is 12.3. The fraction of sp³-hybridized carbons (Fsp3) is 0. The summed E-state index contributed by atoms with van der Waals surface area (Å²) >= 11 is 1.15. The predicted molar refractivity (Wildman–Crippen MR) is 101 cm³/mol. The van der Waals surface area contributed by atoms with Crippen molar-refractivity contribution in [3.05, 3.63) is 71.2 Å². The van der Waals surface area contributed by atoms with Gasteiger partial charge in [0.05, 0.1) is 16.0 Å². The van der Waals surface area contributed by atoms with Gasteiger partial charge < -0.3 is 60.1 Å². The zero-order chi connectivity index (χ0) is 19.4. The van der Waals surface area contributed by atoms with Gasteiger partial charge in [-0.2, -0.15) is 0 Å². The van der Waals surface area contributed by atoms with Gasteiger partial charge in [-0.3, -0.25) is 9.52 Å². The Bertz CT molecular complexity index is 1100. The van der Waals surface area contributed by atoms with Gasteiger partial charge in [0.2, 0.25) is 0 Å². The maximum absolute atomic E-state index is 12.3. The van der Waals surface area contributed by atoms with Crippen molar-refractivity contribution >= 4 is 44.1 Å². The van der Waals surface area contributed by atoms with Crippen LogP contribution in [-0.2, 0) is 31.1 Å². The molecule has 3 N–H and O–H groups in total. The van der Waals surface area contributed by atoms with Crippen molar-refractivity contribution in [2.24, 2.45) is 0 Å². The van der Waals surface area contributed by atoms with Crippen LogP contribution in [0.4, 0.5) is 10.8 Å². The topological polar surface area (TPSA) is 125 Å². The minimum Gasteiger partial charge on any atom is -1.00 e. The molecule has 178 valence electrons.